The van der Waals surface area contributed by atoms with E-state index in [0.29, 0.717) is 5.71 Å². The first-order valence-electron chi connectivity index (χ1n) is 4.08. The Hall–Kier alpha value is -1.18. The van der Waals surface area contributed by atoms with E-state index >= 15 is 0 Å². The third kappa shape index (κ3) is 1.91. The van der Waals surface area contributed by atoms with Gasteiger partial charge in [-0.3, -0.25) is 4.79 Å². The van der Waals surface area contributed by atoms with Crippen molar-refractivity contribution in [2.24, 2.45) is 0 Å². The Morgan fingerprint density at radius 3 is 2.67 bits per heavy atom. The lowest BCUT2D eigenvalue weighted by Gasteiger charge is -2.10. The zero-order chi connectivity index (χ0) is 9.14. The normalized spacial score (nSPS) is 16.5. The largest absolute Gasteiger partial charge is 0.305 e. The van der Waals surface area contributed by atoms with Gasteiger partial charge in [-0.15, -0.1) is 0 Å². The summed E-state index contributed by atoms with van der Waals surface area (Å²) < 4.78 is 0. The summed E-state index contributed by atoms with van der Waals surface area (Å²) in [6, 6.07) is 0. The molecule has 2 heteroatoms. The van der Waals surface area contributed by atoms with Crippen LogP contribution in [0.3, 0.4) is 0 Å². The number of carbonyl (C=O) groups is 1. The molecule has 0 saturated heterocycles. The molecule has 0 aromatic heterocycles. The minimum Gasteiger partial charge on any atom is -0.305 e. The van der Waals surface area contributed by atoms with E-state index in [-0.39, 0.29) is 5.78 Å². The molecule has 0 unspecified atom stereocenters. The smallest absolute Gasteiger partial charge is 0.159 e. The maximum atomic E-state index is 11.0. The third-order valence-corrected chi connectivity index (χ3v) is 2.00. The van der Waals surface area contributed by atoms with Gasteiger partial charge in [-0.05, 0) is 38.3 Å². The van der Waals surface area contributed by atoms with Crippen molar-refractivity contribution in [1.82, 2.24) is 0 Å². The van der Waals surface area contributed by atoms with Gasteiger partial charge in [0.2, 0.25) is 0 Å². The Bertz CT molecular complexity index is 284. The van der Waals surface area contributed by atoms with E-state index in [4.69, 9.17) is 5.41 Å². The SMILES string of the molecule is CC(=N)C1=CC(C(C)=O)=CCC1. The molecule has 0 radical (unpaired) electrons. The van der Waals surface area contributed by atoms with Crippen LogP contribution in [-0.4, -0.2) is 11.5 Å². The highest BCUT2D eigenvalue weighted by atomic mass is 16.1. The maximum Gasteiger partial charge on any atom is 0.159 e. The lowest BCUT2D eigenvalue weighted by Crippen LogP contribution is -2.04. The van der Waals surface area contributed by atoms with Crippen molar-refractivity contribution in [3.05, 3.63) is 23.3 Å². The van der Waals surface area contributed by atoms with Gasteiger partial charge >= 0.3 is 0 Å². The zero-order valence-electron chi connectivity index (χ0n) is 7.48. The number of allylic oxidation sites excluding steroid dienone is 4. The lowest BCUT2D eigenvalue weighted by atomic mass is 9.95. The van der Waals surface area contributed by atoms with Crippen LogP contribution in [0.5, 0.6) is 0 Å². The van der Waals surface area contributed by atoms with E-state index in [2.05, 4.69) is 0 Å². The second kappa shape index (κ2) is 3.48. The molecule has 0 saturated carbocycles. The van der Waals surface area contributed by atoms with Crippen LogP contribution in [0.15, 0.2) is 23.3 Å². The van der Waals surface area contributed by atoms with Crippen LogP contribution in [-0.2, 0) is 4.79 Å². The fourth-order valence-corrected chi connectivity index (χ4v) is 1.24. The van der Waals surface area contributed by atoms with Gasteiger partial charge in [0.1, 0.15) is 0 Å². The molecule has 1 aliphatic carbocycles. The summed E-state index contributed by atoms with van der Waals surface area (Å²) >= 11 is 0. The molecule has 0 heterocycles. The quantitative estimate of drug-likeness (QED) is 0.623. The minimum atomic E-state index is 0.0912. The van der Waals surface area contributed by atoms with E-state index in [1.165, 1.54) is 0 Å². The topological polar surface area (TPSA) is 40.9 Å². The Morgan fingerprint density at radius 1 is 1.50 bits per heavy atom. The molecule has 0 amide bonds. The number of hydrogen-bond acceptors (Lipinski definition) is 2. The molecule has 0 fully saturated rings. The van der Waals surface area contributed by atoms with Crippen molar-refractivity contribution >= 4 is 11.5 Å². The molecule has 0 bridgehead atoms. The summed E-state index contributed by atoms with van der Waals surface area (Å²) in [4.78, 5) is 11.0. The average molecular weight is 163 g/mol. The highest BCUT2D eigenvalue weighted by Crippen LogP contribution is 2.18. The second-order valence-corrected chi connectivity index (χ2v) is 3.05. The van der Waals surface area contributed by atoms with Crippen LogP contribution in [0.2, 0.25) is 0 Å². The highest BCUT2D eigenvalue weighted by molar-refractivity contribution is 6.02. The lowest BCUT2D eigenvalue weighted by molar-refractivity contribution is -0.113. The Labute approximate surface area is 72.5 Å². The Morgan fingerprint density at radius 2 is 2.17 bits per heavy atom. The van der Waals surface area contributed by atoms with Gasteiger partial charge in [-0.1, -0.05) is 6.08 Å². The van der Waals surface area contributed by atoms with E-state index in [1.54, 1.807) is 13.8 Å². The molecular formula is C10H13NO. The molecule has 0 aliphatic heterocycles. The first-order valence-corrected chi connectivity index (χ1v) is 4.08. The van der Waals surface area contributed by atoms with Gasteiger partial charge in [0.05, 0.1) is 0 Å². The Balaban J connectivity index is 2.88. The van der Waals surface area contributed by atoms with Crippen molar-refractivity contribution in [2.75, 3.05) is 0 Å². The molecular weight excluding hydrogens is 150 g/mol. The first-order chi connectivity index (χ1) is 5.61. The van der Waals surface area contributed by atoms with Gasteiger partial charge in [0.15, 0.2) is 5.78 Å². The van der Waals surface area contributed by atoms with Gasteiger partial charge in [0, 0.05) is 11.3 Å². The monoisotopic (exact) mass is 163 g/mol. The van der Waals surface area contributed by atoms with Crippen molar-refractivity contribution in [1.29, 1.82) is 5.41 Å². The fourth-order valence-electron chi connectivity index (χ4n) is 1.24. The van der Waals surface area contributed by atoms with Crippen LogP contribution < -0.4 is 0 Å². The van der Waals surface area contributed by atoms with Gasteiger partial charge in [-0.25, -0.2) is 0 Å². The molecule has 0 atom stereocenters. The Kier molecular flexibility index (Phi) is 2.58. The van der Waals surface area contributed by atoms with E-state index in [9.17, 15) is 4.79 Å². The molecule has 0 aromatic carbocycles. The van der Waals surface area contributed by atoms with Gasteiger partial charge < -0.3 is 5.41 Å². The van der Waals surface area contributed by atoms with Crippen LogP contribution in [0.25, 0.3) is 0 Å². The molecule has 0 spiro atoms. The summed E-state index contributed by atoms with van der Waals surface area (Å²) in [5, 5.41) is 7.41. The van der Waals surface area contributed by atoms with Crippen LogP contribution in [0.4, 0.5) is 0 Å². The fraction of sp³-hybridized carbons (Fsp3) is 0.400. The summed E-state index contributed by atoms with van der Waals surface area (Å²) in [6.45, 7) is 3.32. The first kappa shape index (κ1) is 8.91. The number of ketones is 1. The standard InChI is InChI=1S/C10H13NO/c1-7(11)9-4-3-5-10(6-9)8(2)12/h5-6,11H,3-4H2,1-2H3. The van der Waals surface area contributed by atoms with E-state index in [0.717, 1.165) is 24.0 Å². The van der Waals surface area contributed by atoms with Crippen molar-refractivity contribution in [3.63, 3.8) is 0 Å². The van der Waals surface area contributed by atoms with Crippen LogP contribution >= 0.6 is 0 Å². The summed E-state index contributed by atoms with van der Waals surface area (Å²) in [5.74, 6) is 0.0912. The molecule has 0 aromatic rings. The van der Waals surface area contributed by atoms with Crippen molar-refractivity contribution in [2.45, 2.75) is 26.7 Å². The number of hydrogen-bond donors (Lipinski definition) is 1. The molecule has 64 valence electrons. The summed E-state index contributed by atoms with van der Waals surface area (Å²) in [5.41, 5.74) is 2.31. The predicted molar refractivity (Wildman–Crippen MR) is 49.5 cm³/mol. The van der Waals surface area contributed by atoms with Gasteiger partial charge in [-0.2, -0.15) is 0 Å². The van der Waals surface area contributed by atoms with Crippen LogP contribution in [0.1, 0.15) is 26.7 Å². The van der Waals surface area contributed by atoms with Gasteiger partial charge in [0.25, 0.3) is 0 Å². The second-order valence-electron chi connectivity index (χ2n) is 3.05. The minimum absolute atomic E-state index is 0.0912. The molecule has 1 aliphatic rings. The van der Waals surface area contributed by atoms with Crippen molar-refractivity contribution in [3.8, 4) is 0 Å². The molecule has 2 nitrogen and oxygen atoms in total. The van der Waals surface area contributed by atoms with E-state index in [1.807, 2.05) is 12.2 Å². The average Bonchev–Trinajstić information content (AvgIpc) is 2.04. The number of rotatable bonds is 2. The zero-order valence-corrected chi connectivity index (χ0v) is 7.48. The van der Waals surface area contributed by atoms with Crippen LogP contribution in [0, 0.1) is 5.41 Å². The number of nitrogens with one attached hydrogen (secondary N) is 1. The number of carbonyl (C=O) groups excluding carboxylic acids is 1. The number of Topliss-reactive ketones (excluding diaryl/α,β-unsaturated/α-hetero) is 1. The summed E-state index contributed by atoms with van der Waals surface area (Å²) in [6.07, 6.45) is 5.55. The predicted octanol–water partition coefficient (Wildman–Crippen LogP) is 2.26. The molecule has 12 heavy (non-hydrogen) atoms. The highest BCUT2D eigenvalue weighted by Gasteiger charge is 2.09. The third-order valence-electron chi connectivity index (χ3n) is 2.00. The van der Waals surface area contributed by atoms with Crippen molar-refractivity contribution < 1.29 is 4.79 Å². The molecule has 1 N–H and O–H groups in total. The summed E-state index contributed by atoms with van der Waals surface area (Å²) in [7, 11) is 0. The van der Waals surface area contributed by atoms with E-state index < -0.39 is 0 Å². The molecule has 1 rings (SSSR count). The maximum absolute atomic E-state index is 11.0.